The smallest absolute Gasteiger partial charge is 0.321 e. The number of hydrogen-bond donors (Lipinski definition) is 2. The Morgan fingerprint density at radius 3 is 1.97 bits per heavy atom. The highest BCUT2D eigenvalue weighted by Crippen LogP contribution is 2.25. The van der Waals surface area contributed by atoms with Crippen LogP contribution in [0.15, 0.2) is 66.7 Å². The highest BCUT2D eigenvalue weighted by molar-refractivity contribution is 6.07. The molecule has 2 aliphatic rings. The molecule has 2 aliphatic heterocycles. The molecule has 0 aromatic heterocycles. The van der Waals surface area contributed by atoms with Crippen molar-refractivity contribution in [1.82, 2.24) is 9.80 Å². The van der Waals surface area contributed by atoms with Gasteiger partial charge in [-0.1, -0.05) is 49.2 Å². The van der Waals surface area contributed by atoms with Crippen LogP contribution in [-0.2, 0) is 4.79 Å². The summed E-state index contributed by atoms with van der Waals surface area (Å²) in [5.74, 6) is -0.147. The van der Waals surface area contributed by atoms with E-state index in [2.05, 4.69) is 10.6 Å². The third-order valence-electron chi connectivity index (χ3n) is 7.47. The van der Waals surface area contributed by atoms with Crippen LogP contribution in [0.25, 0.3) is 10.8 Å². The van der Waals surface area contributed by atoms with Gasteiger partial charge in [-0.2, -0.15) is 0 Å². The summed E-state index contributed by atoms with van der Waals surface area (Å²) in [4.78, 5) is 42.4. The van der Waals surface area contributed by atoms with Crippen molar-refractivity contribution in [2.24, 2.45) is 5.92 Å². The Morgan fingerprint density at radius 2 is 1.27 bits per heavy atom. The highest BCUT2D eigenvalue weighted by Gasteiger charge is 2.28. The molecule has 3 aromatic rings. The van der Waals surface area contributed by atoms with E-state index in [1.807, 2.05) is 76.5 Å². The number of carbonyl (C=O) groups is 3. The van der Waals surface area contributed by atoms with E-state index < -0.39 is 0 Å². The molecule has 0 atom stereocenters. The molecule has 2 heterocycles. The van der Waals surface area contributed by atoms with Gasteiger partial charge in [-0.25, -0.2) is 4.79 Å². The van der Waals surface area contributed by atoms with Gasteiger partial charge in [-0.05, 0) is 66.8 Å². The molecule has 2 N–H and O–H groups in total. The Hall–Kier alpha value is -3.87. The van der Waals surface area contributed by atoms with Crippen molar-refractivity contribution >= 4 is 40.0 Å². The fraction of sp³-hybridized carbons (Fsp3) is 0.367. The lowest BCUT2D eigenvalue weighted by atomic mass is 9.94. The summed E-state index contributed by atoms with van der Waals surface area (Å²) in [6, 6.07) is 20.9. The van der Waals surface area contributed by atoms with Gasteiger partial charge >= 0.3 is 6.03 Å². The maximum atomic E-state index is 13.2. The molecule has 0 saturated carbocycles. The summed E-state index contributed by atoms with van der Waals surface area (Å²) in [5.41, 5.74) is 2.13. The highest BCUT2D eigenvalue weighted by atomic mass is 16.2. The van der Waals surface area contributed by atoms with Crippen molar-refractivity contribution in [2.45, 2.75) is 38.5 Å². The molecule has 4 amide bonds. The molecule has 3 aromatic carbocycles. The van der Waals surface area contributed by atoms with Gasteiger partial charge in [0, 0.05) is 49.0 Å². The number of carbonyl (C=O) groups excluding carboxylic acids is 3. The number of fused-ring (bicyclic) bond motifs is 1. The second kappa shape index (κ2) is 11.5. The summed E-state index contributed by atoms with van der Waals surface area (Å²) >= 11 is 0. The monoisotopic (exact) mass is 498 g/mol. The minimum atomic E-state index is -0.140. The number of amides is 4. The number of piperidine rings is 1. The van der Waals surface area contributed by atoms with Crippen molar-refractivity contribution in [3.05, 3.63) is 72.3 Å². The third kappa shape index (κ3) is 5.93. The lowest BCUT2D eigenvalue weighted by molar-refractivity contribution is -0.121. The number of anilines is 2. The van der Waals surface area contributed by atoms with Gasteiger partial charge in [0.25, 0.3) is 5.91 Å². The first-order valence-electron chi connectivity index (χ1n) is 13.3. The van der Waals surface area contributed by atoms with E-state index in [1.54, 1.807) is 0 Å². The number of hydrogen-bond acceptors (Lipinski definition) is 3. The quantitative estimate of drug-likeness (QED) is 0.481. The van der Waals surface area contributed by atoms with E-state index >= 15 is 0 Å². The zero-order chi connectivity index (χ0) is 25.6. The van der Waals surface area contributed by atoms with E-state index in [1.165, 1.54) is 12.8 Å². The van der Waals surface area contributed by atoms with Crippen LogP contribution >= 0.6 is 0 Å². The average molecular weight is 499 g/mol. The van der Waals surface area contributed by atoms with Crippen LogP contribution in [0, 0.1) is 5.92 Å². The van der Waals surface area contributed by atoms with Crippen molar-refractivity contribution in [2.75, 3.05) is 36.8 Å². The van der Waals surface area contributed by atoms with Crippen LogP contribution < -0.4 is 10.6 Å². The predicted molar refractivity (Wildman–Crippen MR) is 147 cm³/mol. The summed E-state index contributed by atoms with van der Waals surface area (Å²) < 4.78 is 0. The fourth-order valence-electron chi connectivity index (χ4n) is 5.28. The maximum absolute atomic E-state index is 13.2. The molecular formula is C30H34N4O3. The normalized spacial score (nSPS) is 16.8. The second-order valence-corrected chi connectivity index (χ2v) is 9.99. The summed E-state index contributed by atoms with van der Waals surface area (Å²) in [6.45, 7) is 2.71. The molecule has 37 heavy (non-hydrogen) atoms. The van der Waals surface area contributed by atoms with Crippen LogP contribution in [-0.4, -0.2) is 53.8 Å². The van der Waals surface area contributed by atoms with Gasteiger partial charge in [0.05, 0.1) is 0 Å². The van der Waals surface area contributed by atoms with Gasteiger partial charge in [-0.15, -0.1) is 0 Å². The molecule has 192 valence electrons. The summed E-state index contributed by atoms with van der Waals surface area (Å²) in [7, 11) is 0. The van der Waals surface area contributed by atoms with Crippen molar-refractivity contribution in [3.63, 3.8) is 0 Å². The lowest BCUT2D eigenvalue weighted by Gasteiger charge is -2.31. The lowest BCUT2D eigenvalue weighted by Crippen LogP contribution is -2.41. The van der Waals surface area contributed by atoms with Crippen molar-refractivity contribution in [1.29, 1.82) is 0 Å². The number of likely N-dealkylation sites (tertiary alicyclic amines) is 2. The SMILES string of the molecule is O=C(Nc1ccc(NC(=O)N2CCCCCC2)cc1)C1CCN(C(=O)c2cccc3ccccc23)CC1. The minimum Gasteiger partial charge on any atom is -0.339 e. The van der Waals surface area contributed by atoms with Gasteiger partial charge in [0.1, 0.15) is 0 Å². The van der Waals surface area contributed by atoms with Crippen LogP contribution in [0.3, 0.4) is 0 Å². The minimum absolute atomic E-state index is 0.0217. The summed E-state index contributed by atoms with van der Waals surface area (Å²) in [6.07, 6.45) is 5.72. The molecule has 0 unspecified atom stereocenters. The number of nitrogens with zero attached hydrogens (tertiary/aromatic N) is 2. The van der Waals surface area contributed by atoms with E-state index in [-0.39, 0.29) is 23.8 Å². The first-order chi connectivity index (χ1) is 18.1. The largest absolute Gasteiger partial charge is 0.339 e. The van der Waals surface area contributed by atoms with Gasteiger partial charge in [0.2, 0.25) is 5.91 Å². The number of benzene rings is 3. The van der Waals surface area contributed by atoms with Crippen LogP contribution in [0.1, 0.15) is 48.9 Å². The Labute approximate surface area is 217 Å². The van der Waals surface area contributed by atoms with E-state index in [9.17, 15) is 14.4 Å². The second-order valence-electron chi connectivity index (χ2n) is 9.99. The Bertz CT molecular complexity index is 1250. The first kappa shape index (κ1) is 24.8. The summed E-state index contributed by atoms with van der Waals surface area (Å²) in [5, 5.41) is 7.97. The number of nitrogens with one attached hydrogen (secondary N) is 2. The molecule has 0 aliphatic carbocycles. The average Bonchev–Trinajstić information content (AvgIpc) is 3.23. The molecular weight excluding hydrogens is 464 g/mol. The molecule has 7 nitrogen and oxygen atoms in total. The Kier molecular flexibility index (Phi) is 7.68. The van der Waals surface area contributed by atoms with E-state index in [4.69, 9.17) is 0 Å². The topological polar surface area (TPSA) is 81.8 Å². The van der Waals surface area contributed by atoms with E-state index in [0.717, 1.165) is 36.7 Å². The fourth-order valence-corrected chi connectivity index (χ4v) is 5.28. The number of urea groups is 1. The van der Waals surface area contributed by atoms with Crippen LogP contribution in [0.2, 0.25) is 0 Å². The zero-order valence-electron chi connectivity index (χ0n) is 21.1. The Morgan fingerprint density at radius 1 is 0.649 bits per heavy atom. The standard InChI is InChI=1S/C30H34N4O3/c35-28(31-24-12-14-25(15-13-24)32-30(37)34-18-5-1-2-6-19-34)23-16-20-33(21-17-23)29(36)27-11-7-9-22-8-3-4-10-26(22)27/h3-4,7-15,23H,1-2,5-6,16-21H2,(H,31,35)(H,32,37). The van der Waals surface area contributed by atoms with E-state index in [0.29, 0.717) is 42.9 Å². The molecule has 5 rings (SSSR count). The first-order valence-corrected chi connectivity index (χ1v) is 13.3. The maximum Gasteiger partial charge on any atom is 0.321 e. The molecule has 2 fully saturated rings. The van der Waals surface area contributed by atoms with Gasteiger partial charge in [-0.3, -0.25) is 9.59 Å². The molecule has 7 heteroatoms. The van der Waals surface area contributed by atoms with Gasteiger partial charge < -0.3 is 20.4 Å². The number of rotatable bonds is 4. The molecule has 2 saturated heterocycles. The Balaban J connectivity index is 1.12. The van der Waals surface area contributed by atoms with Gasteiger partial charge in [0.15, 0.2) is 0 Å². The third-order valence-corrected chi connectivity index (χ3v) is 7.47. The zero-order valence-corrected chi connectivity index (χ0v) is 21.1. The molecule has 0 bridgehead atoms. The van der Waals surface area contributed by atoms with Crippen molar-refractivity contribution < 1.29 is 14.4 Å². The van der Waals surface area contributed by atoms with Crippen LogP contribution in [0.4, 0.5) is 16.2 Å². The van der Waals surface area contributed by atoms with Crippen LogP contribution in [0.5, 0.6) is 0 Å². The molecule has 0 radical (unpaired) electrons. The molecule has 0 spiro atoms. The predicted octanol–water partition coefficient (Wildman–Crippen LogP) is 5.74. The van der Waals surface area contributed by atoms with Crippen molar-refractivity contribution in [3.8, 4) is 0 Å².